The van der Waals surface area contributed by atoms with Crippen molar-refractivity contribution in [3.8, 4) is 0 Å². The number of aromatic nitrogens is 3. The first-order valence-corrected chi connectivity index (χ1v) is 10.2. The molecule has 0 aliphatic rings. The van der Waals surface area contributed by atoms with Crippen molar-refractivity contribution in [1.29, 1.82) is 0 Å². The molecule has 8 heteroatoms. The van der Waals surface area contributed by atoms with Crippen molar-refractivity contribution in [3.05, 3.63) is 101 Å². The lowest BCUT2D eigenvalue weighted by atomic mass is 10.0. The molecule has 1 aromatic carbocycles. The molecule has 4 aromatic rings. The highest BCUT2D eigenvalue weighted by molar-refractivity contribution is 5.94. The molecule has 7 nitrogen and oxygen atoms in total. The summed E-state index contributed by atoms with van der Waals surface area (Å²) in [7, 11) is 0. The van der Waals surface area contributed by atoms with Crippen molar-refractivity contribution < 1.29 is 19.1 Å². The molecule has 162 valence electrons. The van der Waals surface area contributed by atoms with Crippen LogP contribution in [0.2, 0.25) is 0 Å². The van der Waals surface area contributed by atoms with Crippen molar-refractivity contribution in [2.75, 3.05) is 0 Å². The molecule has 0 fully saturated rings. The Balaban J connectivity index is 1.75. The molecule has 0 spiro atoms. The first-order chi connectivity index (χ1) is 15.5. The summed E-state index contributed by atoms with van der Waals surface area (Å²) < 4.78 is 15.1. The van der Waals surface area contributed by atoms with Crippen LogP contribution in [0, 0.1) is 5.82 Å². The highest BCUT2D eigenvalue weighted by atomic mass is 19.1. The third-order valence-electron chi connectivity index (χ3n) is 5.23. The Morgan fingerprint density at radius 3 is 2.53 bits per heavy atom. The Kier molecular flexibility index (Phi) is 5.93. The lowest BCUT2D eigenvalue weighted by Crippen LogP contribution is -2.35. The summed E-state index contributed by atoms with van der Waals surface area (Å²) in [6.45, 7) is 2.00. The largest absolute Gasteiger partial charge is 0.477 e. The number of hydrogen-bond acceptors (Lipinski definition) is 4. The zero-order valence-corrected chi connectivity index (χ0v) is 17.4. The first kappa shape index (κ1) is 21.2. The number of amides is 1. The number of carboxylic acid groups (broad SMARTS) is 1. The SMILES string of the molecule is CC[C@H](c1ccc(F)cc1)N(Cc1cccc(C(=O)O)n1)C(=O)c1cc2ccccn2n1. The Morgan fingerprint density at radius 2 is 1.84 bits per heavy atom. The molecule has 32 heavy (non-hydrogen) atoms. The zero-order chi connectivity index (χ0) is 22.7. The van der Waals surface area contributed by atoms with Gasteiger partial charge in [-0.2, -0.15) is 5.10 Å². The van der Waals surface area contributed by atoms with Gasteiger partial charge in [-0.15, -0.1) is 0 Å². The average Bonchev–Trinajstić information content (AvgIpc) is 3.24. The van der Waals surface area contributed by atoms with E-state index in [0.29, 0.717) is 12.1 Å². The average molecular weight is 432 g/mol. The van der Waals surface area contributed by atoms with E-state index in [0.717, 1.165) is 11.1 Å². The molecule has 0 unspecified atom stereocenters. The number of carbonyl (C=O) groups is 2. The third kappa shape index (κ3) is 4.34. The van der Waals surface area contributed by atoms with Gasteiger partial charge in [0.05, 0.1) is 23.8 Å². The van der Waals surface area contributed by atoms with Crippen molar-refractivity contribution >= 4 is 17.4 Å². The molecule has 3 aromatic heterocycles. The number of hydrogen-bond donors (Lipinski definition) is 1. The van der Waals surface area contributed by atoms with Gasteiger partial charge in [0.1, 0.15) is 11.5 Å². The van der Waals surface area contributed by atoms with E-state index >= 15 is 0 Å². The van der Waals surface area contributed by atoms with Gasteiger partial charge in [-0.05, 0) is 54.4 Å². The van der Waals surface area contributed by atoms with E-state index in [2.05, 4.69) is 10.1 Å². The first-order valence-electron chi connectivity index (χ1n) is 10.2. The number of rotatable bonds is 7. The number of pyridine rings is 2. The molecule has 0 aliphatic heterocycles. The number of benzene rings is 1. The second-order valence-electron chi connectivity index (χ2n) is 7.33. The summed E-state index contributed by atoms with van der Waals surface area (Å²) in [4.78, 5) is 30.7. The zero-order valence-electron chi connectivity index (χ0n) is 17.4. The number of carbonyl (C=O) groups excluding carboxylic acids is 1. The van der Waals surface area contributed by atoms with Crippen LogP contribution < -0.4 is 0 Å². The van der Waals surface area contributed by atoms with Crippen molar-refractivity contribution in [1.82, 2.24) is 19.5 Å². The summed E-state index contributed by atoms with van der Waals surface area (Å²) in [5.41, 5.74) is 2.13. The second-order valence-corrected chi connectivity index (χ2v) is 7.33. The maximum Gasteiger partial charge on any atom is 0.354 e. The maximum absolute atomic E-state index is 13.6. The predicted octanol–water partition coefficient (Wildman–Crippen LogP) is 4.36. The molecular formula is C24H21FN4O3. The highest BCUT2D eigenvalue weighted by Gasteiger charge is 2.28. The summed E-state index contributed by atoms with van der Waals surface area (Å²) in [5.74, 6) is -1.83. The van der Waals surface area contributed by atoms with Crippen LogP contribution in [0.5, 0.6) is 0 Å². The van der Waals surface area contributed by atoms with Crippen LogP contribution in [0.15, 0.2) is 72.9 Å². The molecule has 0 radical (unpaired) electrons. The van der Waals surface area contributed by atoms with Crippen LogP contribution in [0.1, 0.15) is 51.6 Å². The number of fused-ring (bicyclic) bond motifs is 1. The molecule has 0 bridgehead atoms. The van der Waals surface area contributed by atoms with Gasteiger partial charge in [0.2, 0.25) is 0 Å². The van der Waals surface area contributed by atoms with Gasteiger partial charge in [0.15, 0.2) is 5.69 Å². The van der Waals surface area contributed by atoms with Crippen LogP contribution in [0.3, 0.4) is 0 Å². The van der Waals surface area contributed by atoms with Crippen LogP contribution in [0.4, 0.5) is 4.39 Å². The molecular weight excluding hydrogens is 411 g/mol. The molecule has 3 heterocycles. The Morgan fingerprint density at radius 1 is 1.06 bits per heavy atom. The summed E-state index contributed by atoms with van der Waals surface area (Å²) in [6.07, 6.45) is 2.31. The quantitative estimate of drug-likeness (QED) is 0.469. The fourth-order valence-electron chi connectivity index (χ4n) is 3.70. The van der Waals surface area contributed by atoms with E-state index in [1.54, 1.807) is 45.9 Å². The molecule has 4 rings (SSSR count). The minimum atomic E-state index is -1.14. The van der Waals surface area contributed by atoms with E-state index in [1.807, 2.05) is 25.1 Å². The van der Waals surface area contributed by atoms with Gasteiger partial charge in [-0.25, -0.2) is 18.7 Å². The Hall–Kier alpha value is -4.07. The van der Waals surface area contributed by atoms with Crippen molar-refractivity contribution in [2.45, 2.75) is 25.9 Å². The van der Waals surface area contributed by atoms with Gasteiger partial charge in [0.25, 0.3) is 5.91 Å². The van der Waals surface area contributed by atoms with Gasteiger partial charge in [-0.1, -0.05) is 31.2 Å². The number of halogens is 1. The summed E-state index contributed by atoms with van der Waals surface area (Å²) in [6, 6.07) is 17.5. The predicted molar refractivity (Wildman–Crippen MR) is 116 cm³/mol. The normalized spacial score (nSPS) is 11.9. The van der Waals surface area contributed by atoms with Crippen LogP contribution >= 0.6 is 0 Å². The molecule has 1 atom stereocenters. The lowest BCUT2D eigenvalue weighted by molar-refractivity contribution is 0.0643. The van der Waals surface area contributed by atoms with E-state index in [4.69, 9.17) is 0 Å². The highest BCUT2D eigenvalue weighted by Crippen LogP contribution is 2.28. The van der Waals surface area contributed by atoms with Gasteiger partial charge < -0.3 is 10.0 Å². The number of carboxylic acids is 1. The van der Waals surface area contributed by atoms with Crippen LogP contribution in [0.25, 0.3) is 5.52 Å². The topological polar surface area (TPSA) is 87.8 Å². The molecule has 0 aliphatic carbocycles. The van der Waals surface area contributed by atoms with E-state index in [9.17, 15) is 19.1 Å². The lowest BCUT2D eigenvalue weighted by Gasteiger charge is -2.31. The smallest absolute Gasteiger partial charge is 0.354 e. The monoisotopic (exact) mass is 432 g/mol. The molecule has 1 N–H and O–H groups in total. The molecule has 0 saturated heterocycles. The second kappa shape index (κ2) is 8.97. The van der Waals surface area contributed by atoms with E-state index < -0.39 is 5.97 Å². The van der Waals surface area contributed by atoms with Crippen molar-refractivity contribution in [2.24, 2.45) is 0 Å². The molecule has 0 saturated carbocycles. The minimum Gasteiger partial charge on any atom is -0.477 e. The summed E-state index contributed by atoms with van der Waals surface area (Å²) >= 11 is 0. The Bertz CT molecular complexity index is 1240. The van der Waals surface area contributed by atoms with Gasteiger partial charge in [-0.3, -0.25) is 4.79 Å². The van der Waals surface area contributed by atoms with Crippen LogP contribution in [-0.4, -0.2) is 36.5 Å². The standard InChI is InChI=1S/C24H21FN4O3/c1-2-22(16-9-11-17(25)12-10-16)28(15-18-6-5-8-20(26-18)24(31)32)23(30)21-14-19-7-3-4-13-29(19)27-21/h3-14,22H,2,15H2,1H3,(H,31,32)/t22-/m1/s1. The Labute approximate surface area is 183 Å². The third-order valence-corrected chi connectivity index (χ3v) is 5.23. The van der Waals surface area contributed by atoms with Gasteiger partial charge in [0, 0.05) is 6.20 Å². The van der Waals surface area contributed by atoms with Crippen LogP contribution in [-0.2, 0) is 6.54 Å². The van der Waals surface area contributed by atoms with Crippen molar-refractivity contribution in [3.63, 3.8) is 0 Å². The fraction of sp³-hybridized carbons (Fsp3) is 0.167. The van der Waals surface area contributed by atoms with Gasteiger partial charge >= 0.3 is 5.97 Å². The fourth-order valence-corrected chi connectivity index (χ4v) is 3.70. The van der Waals surface area contributed by atoms with E-state index in [-0.39, 0.29) is 35.7 Å². The minimum absolute atomic E-state index is 0.0731. The summed E-state index contributed by atoms with van der Waals surface area (Å²) in [5, 5.41) is 13.7. The maximum atomic E-state index is 13.6. The number of aromatic carboxylic acids is 1. The van der Waals surface area contributed by atoms with E-state index in [1.165, 1.54) is 18.2 Å². The molecule has 1 amide bonds. The number of nitrogens with zero attached hydrogens (tertiary/aromatic N) is 4.